The fraction of sp³-hybridized carbons (Fsp3) is 0.500. The average molecular weight is 236 g/mol. The Kier molecular flexibility index (Phi) is 6.03. The molecule has 0 aliphatic rings. The third-order valence-corrected chi connectivity index (χ3v) is 2.27. The molecule has 0 atom stereocenters. The highest BCUT2D eigenvalue weighted by Crippen LogP contribution is 1.96. The van der Waals surface area contributed by atoms with Crippen molar-refractivity contribution in [2.45, 2.75) is 26.3 Å². The van der Waals surface area contributed by atoms with E-state index in [-0.39, 0.29) is 5.91 Å². The number of nitrogens with one attached hydrogen (secondary N) is 2. The lowest BCUT2D eigenvalue weighted by Gasteiger charge is -2.04. The number of hydrogen-bond donors (Lipinski definition) is 2. The van der Waals surface area contributed by atoms with Gasteiger partial charge in [0.1, 0.15) is 0 Å². The van der Waals surface area contributed by atoms with Crippen molar-refractivity contribution in [1.82, 2.24) is 20.4 Å². The molecule has 0 aromatic carbocycles. The van der Waals surface area contributed by atoms with Gasteiger partial charge in [-0.3, -0.25) is 4.79 Å². The van der Waals surface area contributed by atoms with E-state index >= 15 is 0 Å². The van der Waals surface area contributed by atoms with E-state index in [4.69, 9.17) is 0 Å². The van der Waals surface area contributed by atoms with Gasteiger partial charge in [0.25, 0.3) is 0 Å². The number of hydrogen-bond acceptors (Lipinski definition) is 3. The van der Waals surface area contributed by atoms with E-state index in [0.717, 1.165) is 25.1 Å². The Morgan fingerprint density at radius 1 is 1.59 bits per heavy atom. The first-order chi connectivity index (χ1) is 8.26. The lowest BCUT2D eigenvalue weighted by atomic mass is 10.3. The first-order valence-corrected chi connectivity index (χ1v) is 5.89. The molecule has 0 spiro atoms. The highest BCUT2D eigenvalue weighted by atomic mass is 16.1. The fourth-order valence-corrected chi connectivity index (χ4v) is 1.36. The van der Waals surface area contributed by atoms with Crippen molar-refractivity contribution < 1.29 is 4.79 Å². The molecule has 0 aliphatic heterocycles. The molecule has 5 heteroatoms. The van der Waals surface area contributed by atoms with E-state index in [1.165, 1.54) is 0 Å². The van der Waals surface area contributed by atoms with E-state index in [2.05, 4.69) is 22.3 Å². The first kappa shape index (κ1) is 13.4. The SMILES string of the molecule is C=Cn1cc(CNCCC(=O)NCCC)cn1. The molecule has 2 N–H and O–H groups in total. The number of rotatable bonds is 8. The summed E-state index contributed by atoms with van der Waals surface area (Å²) in [7, 11) is 0. The van der Waals surface area contributed by atoms with Crippen LogP contribution in [0.3, 0.4) is 0 Å². The maximum absolute atomic E-state index is 11.3. The van der Waals surface area contributed by atoms with Crippen molar-refractivity contribution >= 4 is 12.1 Å². The third-order valence-electron chi connectivity index (χ3n) is 2.27. The van der Waals surface area contributed by atoms with Gasteiger partial charge in [0.2, 0.25) is 5.91 Å². The molecule has 1 aromatic heterocycles. The summed E-state index contributed by atoms with van der Waals surface area (Å²) in [5.74, 6) is 0.0983. The van der Waals surface area contributed by atoms with Crippen molar-refractivity contribution in [3.63, 3.8) is 0 Å². The largest absolute Gasteiger partial charge is 0.356 e. The summed E-state index contributed by atoms with van der Waals surface area (Å²) in [5.41, 5.74) is 1.08. The van der Waals surface area contributed by atoms with E-state index < -0.39 is 0 Å². The van der Waals surface area contributed by atoms with E-state index in [9.17, 15) is 4.79 Å². The van der Waals surface area contributed by atoms with Crippen LogP contribution in [-0.4, -0.2) is 28.8 Å². The van der Waals surface area contributed by atoms with Crippen LogP contribution in [0.15, 0.2) is 19.0 Å². The molecular formula is C12H20N4O. The lowest BCUT2D eigenvalue weighted by Crippen LogP contribution is -2.27. The number of carbonyl (C=O) groups is 1. The minimum Gasteiger partial charge on any atom is -0.356 e. The second kappa shape index (κ2) is 7.62. The van der Waals surface area contributed by atoms with Gasteiger partial charge in [-0.25, -0.2) is 4.68 Å². The molecule has 0 saturated heterocycles. The summed E-state index contributed by atoms with van der Waals surface area (Å²) < 4.78 is 1.66. The third kappa shape index (κ3) is 5.31. The molecule has 0 aliphatic carbocycles. The van der Waals surface area contributed by atoms with Gasteiger partial charge < -0.3 is 10.6 Å². The molecule has 17 heavy (non-hydrogen) atoms. The standard InChI is InChI=1S/C12H20N4O/c1-3-6-14-12(17)5-7-13-8-11-9-15-16(4-2)10-11/h4,9-10,13H,2-3,5-8H2,1H3,(H,14,17). The van der Waals surface area contributed by atoms with Crippen LogP contribution >= 0.6 is 0 Å². The normalized spacial score (nSPS) is 10.2. The summed E-state index contributed by atoms with van der Waals surface area (Å²) in [6.45, 7) is 7.80. The van der Waals surface area contributed by atoms with Gasteiger partial charge in [-0.1, -0.05) is 13.5 Å². The van der Waals surface area contributed by atoms with Gasteiger partial charge in [-0.05, 0) is 6.42 Å². The predicted octanol–water partition coefficient (Wildman–Crippen LogP) is 0.989. The van der Waals surface area contributed by atoms with Crippen molar-refractivity contribution in [1.29, 1.82) is 0 Å². The van der Waals surface area contributed by atoms with Gasteiger partial charge >= 0.3 is 0 Å². The predicted molar refractivity (Wildman–Crippen MR) is 68.2 cm³/mol. The number of nitrogens with zero attached hydrogens (tertiary/aromatic N) is 2. The summed E-state index contributed by atoms with van der Waals surface area (Å²) in [5, 5.41) is 10.1. The van der Waals surface area contributed by atoms with Gasteiger partial charge in [-0.2, -0.15) is 5.10 Å². The molecule has 94 valence electrons. The summed E-state index contributed by atoms with van der Waals surface area (Å²) >= 11 is 0. The van der Waals surface area contributed by atoms with Crippen LogP contribution in [0.25, 0.3) is 6.20 Å². The van der Waals surface area contributed by atoms with E-state index in [1.807, 2.05) is 13.1 Å². The van der Waals surface area contributed by atoms with Crippen LogP contribution in [-0.2, 0) is 11.3 Å². The summed E-state index contributed by atoms with van der Waals surface area (Å²) in [6, 6.07) is 0. The van der Waals surface area contributed by atoms with Crippen LogP contribution in [0.2, 0.25) is 0 Å². The minimum absolute atomic E-state index is 0.0983. The second-order valence-corrected chi connectivity index (χ2v) is 3.79. The molecule has 0 saturated carbocycles. The Balaban J connectivity index is 2.11. The Morgan fingerprint density at radius 3 is 3.06 bits per heavy atom. The Morgan fingerprint density at radius 2 is 2.41 bits per heavy atom. The summed E-state index contributed by atoms with van der Waals surface area (Å²) in [6.07, 6.45) is 6.81. The zero-order chi connectivity index (χ0) is 12.5. The zero-order valence-corrected chi connectivity index (χ0v) is 10.3. The van der Waals surface area contributed by atoms with E-state index in [1.54, 1.807) is 17.1 Å². The number of amides is 1. The van der Waals surface area contributed by atoms with Gasteiger partial charge in [0.15, 0.2) is 0 Å². The van der Waals surface area contributed by atoms with Crippen LogP contribution in [0, 0.1) is 0 Å². The molecule has 1 amide bonds. The second-order valence-electron chi connectivity index (χ2n) is 3.79. The Bertz CT molecular complexity index is 359. The Hall–Kier alpha value is -1.62. The lowest BCUT2D eigenvalue weighted by molar-refractivity contribution is -0.120. The fourth-order valence-electron chi connectivity index (χ4n) is 1.36. The maximum Gasteiger partial charge on any atom is 0.221 e. The average Bonchev–Trinajstić information content (AvgIpc) is 2.80. The van der Waals surface area contributed by atoms with Crippen LogP contribution in [0.1, 0.15) is 25.3 Å². The van der Waals surface area contributed by atoms with Gasteiger partial charge in [0.05, 0.1) is 6.20 Å². The van der Waals surface area contributed by atoms with Crippen molar-refractivity contribution in [2.75, 3.05) is 13.1 Å². The molecular weight excluding hydrogens is 216 g/mol. The van der Waals surface area contributed by atoms with Crippen molar-refractivity contribution in [2.24, 2.45) is 0 Å². The summed E-state index contributed by atoms with van der Waals surface area (Å²) in [4.78, 5) is 11.3. The number of aromatic nitrogens is 2. The topological polar surface area (TPSA) is 59.0 Å². The molecule has 1 rings (SSSR count). The molecule has 0 radical (unpaired) electrons. The molecule has 0 bridgehead atoms. The molecule has 0 fully saturated rings. The van der Waals surface area contributed by atoms with Crippen LogP contribution in [0.4, 0.5) is 0 Å². The van der Waals surface area contributed by atoms with Gasteiger partial charge in [0, 0.05) is 44.0 Å². The van der Waals surface area contributed by atoms with Gasteiger partial charge in [-0.15, -0.1) is 0 Å². The number of carbonyl (C=O) groups excluding carboxylic acids is 1. The smallest absolute Gasteiger partial charge is 0.221 e. The van der Waals surface area contributed by atoms with E-state index in [0.29, 0.717) is 13.0 Å². The molecule has 1 heterocycles. The maximum atomic E-state index is 11.3. The van der Waals surface area contributed by atoms with Crippen LogP contribution < -0.4 is 10.6 Å². The Labute approximate surface area is 102 Å². The van der Waals surface area contributed by atoms with Crippen molar-refractivity contribution in [3.05, 3.63) is 24.5 Å². The van der Waals surface area contributed by atoms with Crippen LogP contribution in [0.5, 0.6) is 0 Å². The highest BCUT2D eigenvalue weighted by molar-refractivity contribution is 5.75. The minimum atomic E-state index is 0.0983. The highest BCUT2D eigenvalue weighted by Gasteiger charge is 2.00. The quantitative estimate of drug-likeness (QED) is 0.662. The monoisotopic (exact) mass is 236 g/mol. The molecule has 5 nitrogen and oxygen atoms in total. The van der Waals surface area contributed by atoms with Crippen molar-refractivity contribution in [3.8, 4) is 0 Å². The molecule has 0 unspecified atom stereocenters. The zero-order valence-electron chi connectivity index (χ0n) is 10.3. The molecule has 1 aromatic rings. The first-order valence-electron chi connectivity index (χ1n) is 5.89.